The summed E-state index contributed by atoms with van der Waals surface area (Å²) in [6.45, 7) is 1.78. The van der Waals surface area contributed by atoms with Gasteiger partial charge in [-0.3, -0.25) is 4.79 Å². The number of hydrogen-bond donors (Lipinski definition) is 1. The van der Waals surface area contributed by atoms with Gasteiger partial charge < -0.3 is 5.11 Å². The Kier molecular flexibility index (Phi) is 2.61. The van der Waals surface area contributed by atoms with Gasteiger partial charge in [-0.1, -0.05) is 18.1 Å². The van der Waals surface area contributed by atoms with Crippen LogP contribution in [0.5, 0.6) is 5.75 Å². The second-order valence-electron chi connectivity index (χ2n) is 3.43. The van der Waals surface area contributed by atoms with Gasteiger partial charge in [0.15, 0.2) is 6.29 Å². The number of benzene rings is 2. The van der Waals surface area contributed by atoms with E-state index in [1.807, 2.05) is 12.1 Å². The molecule has 2 nitrogen and oxygen atoms in total. The van der Waals surface area contributed by atoms with E-state index in [9.17, 15) is 9.90 Å². The highest BCUT2D eigenvalue weighted by atomic mass is 16.3. The van der Waals surface area contributed by atoms with Gasteiger partial charge >= 0.3 is 0 Å². The molecule has 0 aliphatic carbocycles. The first kappa shape index (κ1) is 10.3. The summed E-state index contributed by atoms with van der Waals surface area (Å²) in [5, 5.41) is 11.2. The number of phenols is 1. The molecule has 1 N–H and O–H groups in total. The molecule has 0 heterocycles. The molecule has 0 aromatic heterocycles. The maximum Gasteiger partial charge on any atom is 0.154 e. The topological polar surface area (TPSA) is 37.3 Å². The number of rotatable bonds is 1. The predicted octanol–water partition coefficient (Wildman–Crippen LogP) is 2.73. The van der Waals surface area contributed by atoms with E-state index in [1.165, 1.54) is 6.07 Å². The predicted molar refractivity (Wildman–Crippen MR) is 63.6 cm³/mol. The van der Waals surface area contributed by atoms with Crippen LogP contribution in [0, 0.1) is 11.8 Å². The van der Waals surface area contributed by atoms with Crippen LogP contribution in [0.25, 0.3) is 10.8 Å². The Morgan fingerprint density at radius 2 is 2.06 bits per heavy atom. The first-order valence-electron chi connectivity index (χ1n) is 4.90. The van der Waals surface area contributed by atoms with Gasteiger partial charge in [0.1, 0.15) is 5.75 Å². The third kappa shape index (κ3) is 1.64. The van der Waals surface area contributed by atoms with Crippen LogP contribution >= 0.6 is 0 Å². The summed E-state index contributed by atoms with van der Waals surface area (Å²) < 4.78 is 0. The number of aldehydes is 1. The first-order chi connectivity index (χ1) is 7.76. The van der Waals surface area contributed by atoms with Crippen LogP contribution in [-0.4, -0.2) is 11.4 Å². The fourth-order valence-corrected chi connectivity index (χ4v) is 1.69. The SMILES string of the molecule is CC#Cc1ccc2c(C=O)c(O)ccc2c1. The molecule has 78 valence electrons. The highest BCUT2D eigenvalue weighted by molar-refractivity contribution is 6.01. The monoisotopic (exact) mass is 210 g/mol. The summed E-state index contributed by atoms with van der Waals surface area (Å²) in [7, 11) is 0. The summed E-state index contributed by atoms with van der Waals surface area (Å²) >= 11 is 0. The van der Waals surface area contributed by atoms with Crippen molar-refractivity contribution in [1.82, 2.24) is 0 Å². The van der Waals surface area contributed by atoms with E-state index in [2.05, 4.69) is 11.8 Å². The first-order valence-corrected chi connectivity index (χ1v) is 4.90. The van der Waals surface area contributed by atoms with Crippen molar-refractivity contribution in [2.24, 2.45) is 0 Å². The van der Waals surface area contributed by atoms with Crippen molar-refractivity contribution < 1.29 is 9.90 Å². The normalized spacial score (nSPS) is 9.56. The molecule has 2 rings (SSSR count). The highest BCUT2D eigenvalue weighted by Gasteiger charge is 2.05. The molecule has 0 saturated carbocycles. The molecule has 0 unspecified atom stereocenters. The van der Waals surface area contributed by atoms with E-state index in [0.29, 0.717) is 11.8 Å². The van der Waals surface area contributed by atoms with E-state index in [4.69, 9.17) is 0 Å². The second-order valence-corrected chi connectivity index (χ2v) is 3.43. The molecule has 0 radical (unpaired) electrons. The standard InChI is InChI=1S/C14H10O2/c1-2-3-10-4-6-12-11(8-10)5-7-14(16)13(12)9-15/h4-9,16H,1H3. The number of aromatic hydroxyl groups is 1. The van der Waals surface area contributed by atoms with Crippen molar-refractivity contribution in [3.8, 4) is 17.6 Å². The van der Waals surface area contributed by atoms with Crippen LogP contribution < -0.4 is 0 Å². The molecule has 0 amide bonds. The maximum absolute atomic E-state index is 10.9. The summed E-state index contributed by atoms with van der Waals surface area (Å²) in [6, 6.07) is 8.84. The Morgan fingerprint density at radius 1 is 1.25 bits per heavy atom. The van der Waals surface area contributed by atoms with Gasteiger partial charge in [0.05, 0.1) is 5.56 Å². The second kappa shape index (κ2) is 4.08. The van der Waals surface area contributed by atoms with Crippen LogP contribution in [0.15, 0.2) is 30.3 Å². The molecule has 0 fully saturated rings. The van der Waals surface area contributed by atoms with Crippen LogP contribution in [-0.2, 0) is 0 Å². The number of carbonyl (C=O) groups is 1. The molecular formula is C14H10O2. The number of fused-ring (bicyclic) bond motifs is 1. The van der Waals surface area contributed by atoms with E-state index >= 15 is 0 Å². The number of phenolic OH excluding ortho intramolecular Hbond substituents is 1. The summed E-state index contributed by atoms with van der Waals surface area (Å²) in [5.41, 5.74) is 1.23. The lowest BCUT2D eigenvalue weighted by Crippen LogP contribution is -1.85. The number of hydrogen-bond acceptors (Lipinski definition) is 2. The molecule has 0 saturated heterocycles. The van der Waals surface area contributed by atoms with Crippen molar-refractivity contribution in [1.29, 1.82) is 0 Å². The lowest BCUT2D eigenvalue weighted by molar-refractivity contribution is 0.112. The zero-order valence-electron chi connectivity index (χ0n) is 8.82. The molecular weight excluding hydrogens is 200 g/mol. The van der Waals surface area contributed by atoms with Gasteiger partial charge in [0.25, 0.3) is 0 Å². The quantitative estimate of drug-likeness (QED) is 0.580. The Hall–Kier alpha value is -2.27. The lowest BCUT2D eigenvalue weighted by Gasteiger charge is -2.03. The van der Waals surface area contributed by atoms with E-state index in [1.54, 1.807) is 19.1 Å². The molecule has 2 aromatic rings. The van der Waals surface area contributed by atoms with Crippen LogP contribution in [0.3, 0.4) is 0 Å². The Labute approximate surface area is 93.5 Å². The van der Waals surface area contributed by atoms with E-state index in [0.717, 1.165) is 16.3 Å². The average molecular weight is 210 g/mol. The summed E-state index contributed by atoms with van der Waals surface area (Å²) in [4.78, 5) is 10.9. The van der Waals surface area contributed by atoms with Crippen LogP contribution in [0.4, 0.5) is 0 Å². The minimum atomic E-state index is 0.0109. The molecule has 0 aliphatic rings. The molecule has 0 bridgehead atoms. The highest BCUT2D eigenvalue weighted by Crippen LogP contribution is 2.26. The van der Waals surface area contributed by atoms with Crippen LogP contribution in [0.1, 0.15) is 22.8 Å². The zero-order valence-corrected chi connectivity index (χ0v) is 8.82. The summed E-state index contributed by atoms with van der Waals surface area (Å²) in [6.07, 6.45) is 0.669. The number of carbonyl (C=O) groups excluding carboxylic acids is 1. The van der Waals surface area contributed by atoms with Crippen molar-refractivity contribution in [3.05, 3.63) is 41.5 Å². The van der Waals surface area contributed by atoms with Crippen molar-refractivity contribution in [3.63, 3.8) is 0 Å². The minimum absolute atomic E-state index is 0.0109. The molecule has 2 aromatic carbocycles. The third-order valence-electron chi connectivity index (χ3n) is 2.43. The zero-order chi connectivity index (χ0) is 11.5. The molecule has 0 aliphatic heterocycles. The Bertz CT molecular complexity index is 616. The largest absolute Gasteiger partial charge is 0.507 e. The van der Waals surface area contributed by atoms with Gasteiger partial charge in [-0.15, -0.1) is 5.92 Å². The smallest absolute Gasteiger partial charge is 0.154 e. The fourth-order valence-electron chi connectivity index (χ4n) is 1.69. The maximum atomic E-state index is 10.9. The van der Waals surface area contributed by atoms with Gasteiger partial charge in [-0.2, -0.15) is 0 Å². The van der Waals surface area contributed by atoms with Crippen molar-refractivity contribution >= 4 is 17.1 Å². The Balaban J connectivity index is 2.76. The van der Waals surface area contributed by atoms with E-state index < -0.39 is 0 Å². The molecule has 0 spiro atoms. The molecule has 16 heavy (non-hydrogen) atoms. The molecule has 0 atom stereocenters. The van der Waals surface area contributed by atoms with Crippen molar-refractivity contribution in [2.75, 3.05) is 0 Å². The molecule has 2 heteroatoms. The lowest BCUT2D eigenvalue weighted by atomic mass is 10.0. The fraction of sp³-hybridized carbons (Fsp3) is 0.0714. The van der Waals surface area contributed by atoms with Gasteiger partial charge in [0.2, 0.25) is 0 Å². The average Bonchev–Trinajstić information content (AvgIpc) is 2.30. The van der Waals surface area contributed by atoms with Gasteiger partial charge in [0, 0.05) is 5.56 Å². The summed E-state index contributed by atoms with van der Waals surface area (Å²) in [5.74, 6) is 5.78. The Morgan fingerprint density at radius 3 is 2.75 bits per heavy atom. The van der Waals surface area contributed by atoms with Crippen LogP contribution in [0.2, 0.25) is 0 Å². The van der Waals surface area contributed by atoms with Gasteiger partial charge in [-0.05, 0) is 35.9 Å². The van der Waals surface area contributed by atoms with Crippen molar-refractivity contribution in [2.45, 2.75) is 6.92 Å². The third-order valence-corrected chi connectivity index (χ3v) is 2.43. The van der Waals surface area contributed by atoms with Gasteiger partial charge in [-0.25, -0.2) is 0 Å². The van der Waals surface area contributed by atoms with E-state index in [-0.39, 0.29) is 5.75 Å². The minimum Gasteiger partial charge on any atom is -0.507 e.